The highest BCUT2D eigenvalue weighted by Crippen LogP contribution is 2.39. The van der Waals surface area contributed by atoms with Crippen molar-refractivity contribution in [1.82, 2.24) is 0 Å². The Bertz CT molecular complexity index is 807. The van der Waals surface area contributed by atoms with Gasteiger partial charge in [-0.1, -0.05) is 44.7 Å². The van der Waals surface area contributed by atoms with E-state index < -0.39 is 5.97 Å². The number of anilines is 1. The highest BCUT2D eigenvalue weighted by Gasteiger charge is 2.19. The first-order valence-electron chi connectivity index (χ1n) is 8.50. The predicted molar refractivity (Wildman–Crippen MR) is 100 cm³/mol. The molecule has 0 saturated carbocycles. The zero-order valence-electron chi connectivity index (χ0n) is 14.6. The maximum Gasteiger partial charge on any atom is 0.332 e. The molecule has 1 aliphatic rings. The van der Waals surface area contributed by atoms with Crippen LogP contribution in [0.15, 0.2) is 48.6 Å². The fraction of sp³-hybridized carbons (Fsp3) is 0.286. The van der Waals surface area contributed by atoms with Crippen molar-refractivity contribution >= 4 is 11.7 Å². The Morgan fingerprint density at radius 2 is 2.00 bits per heavy atom. The molecule has 0 aliphatic carbocycles. The average Bonchev–Trinajstić information content (AvgIpc) is 3.07. The third-order valence-electron chi connectivity index (χ3n) is 4.48. The van der Waals surface area contributed by atoms with Gasteiger partial charge in [0.05, 0.1) is 6.61 Å². The van der Waals surface area contributed by atoms with Crippen molar-refractivity contribution in [2.45, 2.75) is 26.2 Å². The van der Waals surface area contributed by atoms with E-state index in [0.717, 1.165) is 34.5 Å². The van der Waals surface area contributed by atoms with Gasteiger partial charge in [-0.3, -0.25) is 0 Å². The molecule has 2 aromatic rings. The van der Waals surface area contributed by atoms with Crippen LogP contribution in [0, 0.1) is 0 Å². The zero-order valence-corrected chi connectivity index (χ0v) is 14.6. The molecule has 25 heavy (non-hydrogen) atoms. The Kier molecular flexibility index (Phi) is 4.79. The summed E-state index contributed by atoms with van der Waals surface area (Å²) in [5, 5.41) is 12.1. The van der Waals surface area contributed by atoms with E-state index in [2.05, 4.69) is 50.0 Å². The molecule has 4 heteroatoms. The van der Waals surface area contributed by atoms with Gasteiger partial charge in [-0.25, -0.2) is 4.79 Å². The number of hydrogen-bond acceptors (Lipinski definition) is 3. The first kappa shape index (κ1) is 17.1. The molecule has 0 saturated heterocycles. The Morgan fingerprint density at radius 3 is 2.64 bits per heavy atom. The molecule has 0 bridgehead atoms. The molecule has 0 atom stereocenters. The maximum atomic E-state index is 10.9. The summed E-state index contributed by atoms with van der Waals surface area (Å²) in [5.41, 5.74) is 5.60. The topological polar surface area (TPSA) is 58.6 Å². The van der Waals surface area contributed by atoms with Crippen molar-refractivity contribution in [1.29, 1.82) is 0 Å². The lowest BCUT2D eigenvalue weighted by atomic mass is 9.96. The van der Waals surface area contributed by atoms with Crippen LogP contribution in [-0.4, -0.2) is 24.2 Å². The molecule has 0 amide bonds. The van der Waals surface area contributed by atoms with E-state index in [-0.39, 0.29) is 12.1 Å². The van der Waals surface area contributed by atoms with E-state index in [1.807, 2.05) is 12.1 Å². The third-order valence-corrected chi connectivity index (χ3v) is 4.48. The van der Waals surface area contributed by atoms with Gasteiger partial charge in [0.2, 0.25) is 0 Å². The highest BCUT2D eigenvalue weighted by molar-refractivity contribution is 5.87. The summed E-state index contributed by atoms with van der Waals surface area (Å²) in [5.74, 6) is 0.437. The number of benzene rings is 2. The fourth-order valence-electron chi connectivity index (χ4n) is 2.96. The van der Waals surface area contributed by atoms with E-state index >= 15 is 0 Å². The van der Waals surface area contributed by atoms with Crippen molar-refractivity contribution in [2.24, 2.45) is 0 Å². The second-order valence-corrected chi connectivity index (χ2v) is 6.65. The maximum absolute atomic E-state index is 10.9. The van der Waals surface area contributed by atoms with Gasteiger partial charge in [0.1, 0.15) is 5.75 Å². The number of carboxylic acids is 1. The van der Waals surface area contributed by atoms with Crippen LogP contribution in [-0.2, 0) is 11.2 Å². The van der Waals surface area contributed by atoms with Crippen LogP contribution in [0.1, 0.15) is 30.9 Å². The van der Waals surface area contributed by atoms with Crippen molar-refractivity contribution in [3.8, 4) is 16.9 Å². The van der Waals surface area contributed by atoms with Crippen LogP contribution >= 0.6 is 0 Å². The molecule has 130 valence electrons. The van der Waals surface area contributed by atoms with Crippen LogP contribution in [0.25, 0.3) is 11.1 Å². The number of nitrogens with one attached hydrogen (secondary N) is 1. The Morgan fingerprint density at radius 1 is 1.28 bits per heavy atom. The van der Waals surface area contributed by atoms with Gasteiger partial charge in [0, 0.05) is 35.4 Å². The van der Waals surface area contributed by atoms with Gasteiger partial charge in [0.25, 0.3) is 0 Å². The molecule has 0 fully saturated rings. The summed E-state index contributed by atoms with van der Waals surface area (Å²) in [4.78, 5) is 10.9. The number of carboxylic acid groups (broad SMARTS) is 1. The standard InChI is InChI=1S/C21H23NO3/c1-13(2)15-4-6-16(7-5-15)19-11-18(22-12-14(3)21(23)24)10-17-8-9-25-20(17)19/h4-7,10-11,13,22H,3,8-9,12H2,1-2H3,(H,23,24). The van der Waals surface area contributed by atoms with Crippen molar-refractivity contribution in [3.05, 3.63) is 59.7 Å². The highest BCUT2D eigenvalue weighted by atomic mass is 16.5. The summed E-state index contributed by atoms with van der Waals surface area (Å²) in [7, 11) is 0. The lowest BCUT2D eigenvalue weighted by Crippen LogP contribution is -2.11. The number of ether oxygens (including phenoxy) is 1. The monoisotopic (exact) mass is 337 g/mol. The summed E-state index contributed by atoms with van der Waals surface area (Å²) in [6, 6.07) is 12.6. The minimum absolute atomic E-state index is 0.139. The van der Waals surface area contributed by atoms with E-state index in [0.29, 0.717) is 12.5 Å². The second kappa shape index (κ2) is 7.01. The molecular formula is C21H23NO3. The Balaban J connectivity index is 1.92. The molecule has 3 rings (SSSR count). The number of aliphatic carboxylic acids is 1. The number of fused-ring (bicyclic) bond motifs is 1. The average molecular weight is 337 g/mol. The summed E-state index contributed by atoms with van der Waals surface area (Å²) < 4.78 is 5.84. The molecule has 2 N–H and O–H groups in total. The van der Waals surface area contributed by atoms with Crippen molar-refractivity contribution in [2.75, 3.05) is 18.5 Å². The first-order chi connectivity index (χ1) is 12.0. The SMILES string of the molecule is C=C(CNc1cc2c(c(-c3ccc(C(C)C)cc3)c1)OCC2)C(=O)O. The van der Waals surface area contributed by atoms with Crippen LogP contribution < -0.4 is 10.1 Å². The predicted octanol–water partition coefficient (Wildman–Crippen LogP) is 4.46. The van der Waals surface area contributed by atoms with Crippen molar-refractivity contribution < 1.29 is 14.6 Å². The Labute approximate surface area is 148 Å². The lowest BCUT2D eigenvalue weighted by molar-refractivity contribution is -0.132. The van der Waals surface area contributed by atoms with Crippen LogP contribution in [0.3, 0.4) is 0 Å². The number of rotatable bonds is 6. The summed E-state index contributed by atoms with van der Waals surface area (Å²) >= 11 is 0. The molecule has 2 aromatic carbocycles. The van der Waals surface area contributed by atoms with Gasteiger partial charge in [-0.15, -0.1) is 0 Å². The van der Waals surface area contributed by atoms with E-state index in [9.17, 15) is 4.79 Å². The molecule has 0 radical (unpaired) electrons. The molecule has 0 unspecified atom stereocenters. The zero-order chi connectivity index (χ0) is 18.0. The first-order valence-corrected chi connectivity index (χ1v) is 8.50. The van der Waals surface area contributed by atoms with Crippen LogP contribution in [0.5, 0.6) is 5.75 Å². The number of carbonyl (C=O) groups is 1. The van der Waals surface area contributed by atoms with Gasteiger partial charge in [-0.2, -0.15) is 0 Å². The smallest absolute Gasteiger partial charge is 0.332 e. The quantitative estimate of drug-likeness (QED) is 0.764. The van der Waals surface area contributed by atoms with Crippen molar-refractivity contribution in [3.63, 3.8) is 0 Å². The fourth-order valence-corrected chi connectivity index (χ4v) is 2.96. The van der Waals surface area contributed by atoms with E-state index in [4.69, 9.17) is 9.84 Å². The molecule has 4 nitrogen and oxygen atoms in total. The van der Waals surface area contributed by atoms with E-state index in [1.165, 1.54) is 5.56 Å². The third kappa shape index (κ3) is 3.68. The molecule has 0 aromatic heterocycles. The summed E-state index contributed by atoms with van der Waals surface area (Å²) in [6.07, 6.45) is 0.863. The second-order valence-electron chi connectivity index (χ2n) is 6.65. The number of hydrogen-bond donors (Lipinski definition) is 2. The molecular weight excluding hydrogens is 314 g/mol. The van der Waals surface area contributed by atoms with Crippen LogP contribution in [0.4, 0.5) is 5.69 Å². The summed E-state index contributed by atoms with van der Waals surface area (Å²) in [6.45, 7) is 8.80. The molecule has 0 spiro atoms. The normalized spacial score (nSPS) is 12.6. The minimum atomic E-state index is -0.985. The molecule has 1 aliphatic heterocycles. The van der Waals surface area contributed by atoms with Gasteiger partial charge < -0.3 is 15.2 Å². The molecule has 1 heterocycles. The van der Waals surface area contributed by atoms with E-state index in [1.54, 1.807) is 0 Å². The largest absolute Gasteiger partial charge is 0.492 e. The van der Waals surface area contributed by atoms with Gasteiger partial charge in [0.15, 0.2) is 0 Å². The minimum Gasteiger partial charge on any atom is -0.492 e. The lowest BCUT2D eigenvalue weighted by Gasteiger charge is -2.14. The van der Waals surface area contributed by atoms with Gasteiger partial charge >= 0.3 is 5.97 Å². The van der Waals surface area contributed by atoms with Gasteiger partial charge in [-0.05, 0) is 29.2 Å². The van der Waals surface area contributed by atoms with Crippen LogP contribution in [0.2, 0.25) is 0 Å². The Hall–Kier alpha value is -2.75.